The Morgan fingerprint density at radius 1 is 0.941 bits per heavy atom. The van der Waals surface area contributed by atoms with Crippen molar-refractivity contribution >= 4 is 22.9 Å². The molecule has 1 fully saturated rings. The van der Waals surface area contributed by atoms with Gasteiger partial charge in [-0.25, -0.2) is 0 Å². The number of rotatable bonds is 8. The molecule has 0 spiro atoms. The molecule has 0 atom stereocenters. The summed E-state index contributed by atoms with van der Waals surface area (Å²) < 4.78 is 38.9. The summed E-state index contributed by atoms with van der Waals surface area (Å²) in [4.78, 5) is 16.7. The fourth-order valence-electron chi connectivity index (χ4n) is 4.12. The Balaban J connectivity index is 1.14. The third-order valence-electron chi connectivity index (χ3n) is 6.10. The molecule has 0 saturated carbocycles. The molecule has 1 aliphatic rings. The average molecular weight is 488 g/mol. The Hall–Kier alpha value is -2.84. The van der Waals surface area contributed by atoms with E-state index in [4.69, 9.17) is 0 Å². The van der Waals surface area contributed by atoms with Crippen LogP contribution in [0.25, 0.3) is 11.1 Å². The number of alkyl halides is 3. The Morgan fingerprint density at radius 2 is 1.71 bits per heavy atom. The molecule has 8 heteroatoms. The lowest BCUT2D eigenvalue weighted by Crippen LogP contribution is -2.46. The quantitative estimate of drug-likeness (QED) is 0.410. The van der Waals surface area contributed by atoms with Crippen molar-refractivity contribution in [2.75, 3.05) is 44.2 Å². The zero-order valence-corrected chi connectivity index (χ0v) is 19.7. The number of thiophene rings is 1. The lowest BCUT2D eigenvalue weighted by molar-refractivity contribution is -0.137. The second-order valence-electron chi connectivity index (χ2n) is 8.43. The van der Waals surface area contributed by atoms with Crippen molar-refractivity contribution in [2.24, 2.45) is 0 Å². The molecule has 180 valence electrons. The summed E-state index contributed by atoms with van der Waals surface area (Å²) >= 11 is 1.65. The van der Waals surface area contributed by atoms with E-state index in [0.717, 1.165) is 49.7 Å². The molecule has 1 aliphatic heterocycles. The van der Waals surface area contributed by atoms with Crippen LogP contribution in [-0.2, 0) is 6.18 Å². The number of piperazine rings is 1. The first-order chi connectivity index (χ1) is 16.4. The molecular formula is C26H28F3N3OS. The third kappa shape index (κ3) is 6.39. The van der Waals surface area contributed by atoms with Gasteiger partial charge in [0.05, 0.1) is 5.56 Å². The van der Waals surface area contributed by atoms with Crippen LogP contribution in [0.5, 0.6) is 0 Å². The summed E-state index contributed by atoms with van der Waals surface area (Å²) in [6.45, 7) is 4.59. The fourth-order valence-corrected chi connectivity index (χ4v) is 4.78. The van der Waals surface area contributed by atoms with Crippen LogP contribution in [0, 0.1) is 0 Å². The van der Waals surface area contributed by atoms with Crippen LogP contribution < -0.4 is 10.2 Å². The Morgan fingerprint density at radius 3 is 2.38 bits per heavy atom. The van der Waals surface area contributed by atoms with Crippen molar-refractivity contribution < 1.29 is 18.0 Å². The van der Waals surface area contributed by atoms with Crippen molar-refractivity contribution in [3.63, 3.8) is 0 Å². The Bertz CT molecular complexity index is 1060. The number of halogens is 3. The topological polar surface area (TPSA) is 35.6 Å². The van der Waals surface area contributed by atoms with Gasteiger partial charge in [0, 0.05) is 44.0 Å². The molecule has 0 unspecified atom stereocenters. The van der Waals surface area contributed by atoms with Gasteiger partial charge in [-0.1, -0.05) is 18.2 Å². The molecule has 2 aromatic carbocycles. The maximum atomic E-state index is 13.0. The highest BCUT2D eigenvalue weighted by Crippen LogP contribution is 2.32. The van der Waals surface area contributed by atoms with E-state index in [9.17, 15) is 18.0 Å². The van der Waals surface area contributed by atoms with Crippen LogP contribution in [-0.4, -0.2) is 50.1 Å². The van der Waals surface area contributed by atoms with Crippen LogP contribution in [0.1, 0.15) is 28.8 Å². The number of nitrogens with zero attached hydrogens (tertiary/aromatic N) is 2. The minimum atomic E-state index is -4.32. The van der Waals surface area contributed by atoms with Crippen LogP contribution in [0.2, 0.25) is 0 Å². The Labute approximate surface area is 202 Å². The molecule has 2 heterocycles. The monoisotopic (exact) mass is 487 g/mol. The van der Waals surface area contributed by atoms with E-state index in [-0.39, 0.29) is 5.91 Å². The molecule has 34 heavy (non-hydrogen) atoms. The predicted molar refractivity (Wildman–Crippen MR) is 131 cm³/mol. The van der Waals surface area contributed by atoms with Gasteiger partial charge in [0.15, 0.2) is 0 Å². The molecule has 0 radical (unpaired) electrons. The molecule has 3 aromatic rings. The zero-order chi connectivity index (χ0) is 24.0. The summed E-state index contributed by atoms with van der Waals surface area (Å²) in [6.07, 6.45) is -2.48. The first-order valence-electron chi connectivity index (χ1n) is 11.5. The normalized spacial score (nSPS) is 14.9. The van der Waals surface area contributed by atoms with E-state index < -0.39 is 11.7 Å². The smallest absolute Gasteiger partial charge is 0.369 e. The Kier molecular flexibility index (Phi) is 7.90. The van der Waals surface area contributed by atoms with E-state index in [0.29, 0.717) is 30.9 Å². The van der Waals surface area contributed by atoms with E-state index in [2.05, 4.69) is 21.7 Å². The highest BCUT2D eigenvalue weighted by Gasteiger charge is 2.31. The second-order valence-corrected chi connectivity index (χ2v) is 9.21. The minimum absolute atomic E-state index is 0.0634. The van der Waals surface area contributed by atoms with Crippen LogP contribution in [0.15, 0.2) is 65.4 Å². The summed E-state index contributed by atoms with van der Waals surface area (Å²) in [6, 6.07) is 15.3. The average Bonchev–Trinajstić information content (AvgIpc) is 3.39. The molecule has 4 rings (SSSR count). The standard InChI is InChI=1S/C26H28F3N3OS/c27-26(28,29)23-4-3-5-24(18-23)32-15-13-31(14-16-32)12-2-1-11-30-25(33)21-8-6-20(7-9-21)22-10-17-34-19-22/h3-10,17-19H,1-2,11-16H2,(H,30,33). The number of amides is 1. The lowest BCUT2D eigenvalue weighted by Gasteiger charge is -2.36. The van der Waals surface area contributed by atoms with E-state index in [1.807, 2.05) is 34.5 Å². The van der Waals surface area contributed by atoms with Gasteiger partial charge in [-0.2, -0.15) is 24.5 Å². The third-order valence-corrected chi connectivity index (χ3v) is 6.78. The number of hydrogen-bond donors (Lipinski definition) is 1. The second kappa shape index (κ2) is 11.1. The van der Waals surface area contributed by atoms with E-state index in [1.54, 1.807) is 17.4 Å². The van der Waals surface area contributed by atoms with Crippen molar-refractivity contribution in [3.05, 3.63) is 76.5 Å². The lowest BCUT2D eigenvalue weighted by atomic mass is 10.1. The van der Waals surface area contributed by atoms with Crippen molar-refractivity contribution in [1.29, 1.82) is 0 Å². The maximum Gasteiger partial charge on any atom is 0.416 e. The number of unbranched alkanes of at least 4 members (excludes halogenated alkanes) is 1. The summed E-state index contributed by atoms with van der Waals surface area (Å²) in [5, 5.41) is 7.10. The van der Waals surface area contributed by atoms with Crippen LogP contribution in [0.4, 0.5) is 18.9 Å². The van der Waals surface area contributed by atoms with Crippen molar-refractivity contribution in [1.82, 2.24) is 10.2 Å². The largest absolute Gasteiger partial charge is 0.416 e. The van der Waals surface area contributed by atoms with Crippen LogP contribution in [0.3, 0.4) is 0 Å². The molecule has 1 amide bonds. The molecule has 1 saturated heterocycles. The fraction of sp³-hybridized carbons (Fsp3) is 0.346. The highest BCUT2D eigenvalue weighted by atomic mass is 32.1. The van der Waals surface area contributed by atoms with Crippen LogP contribution >= 0.6 is 11.3 Å². The molecule has 0 aliphatic carbocycles. The highest BCUT2D eigenvalue weighted by molar-refractivity contribution is 7.08. The number of anilines is 1. The maximum absolute atomic E-state index is 13.0. The number of nitrogens with one attached hydrogen (secondary N) is 1. The van der Waals surface area contributed by atoms with Crippen molar-refractivity contribution in [3.8, 4) is 11.1 Å². The first-order valence-corrected chi connectivity index (χ1v) is 12.4. The van der Waals surface area contributed by atoms with Gasteiger partial charge < -0.3 is 10.2 Å². The predicted octanol–water partition coefficient (Wildman–Crippen LogP) is 5.77. The summed E-state index contributed by atoms with van der Waals surface area (Å²) in [5.41, 5.74) is 2.94. The van der Waals surface area contributed by atoms with E-state index >= 15 is 0 Å². The van der Waals surface area contributed by atoms with Gasteiger partial charge in [-0.3, -0.25) is 9.69 Å². The molecule has 0 bridgehead atoms. The molecule has 4 nitrogen and oxygen atoms in total. The summed E-state index contributed by atoms with van der Waals surface area (Å²) in [5.74, 6) is -0.0634. The molecular weight excluding hydrogens is 459 g/mol. The van der Waals surface area contributed by atoms with Gasteiger partial charge >= 0.3 is 6.18 Å². The summed E-state index contributed by atoms with van der Waals surface area (Å²) in [7, 11) is 0. The van der Waals surface area contributed by atoms with Gasteiger partial charge in [-0.15, -0.1) is 0 Å². The molecule has 1 aromatic heterocycles. The number of hydrogen-bond acceptors (Lipinski definition) is 4. The van der Waals surface area contributed by atoms with Gasteiger partial charge in [0.25, 0.3) is 5.91 Å². The minimum Gasteiger partial charge on any atom is -0.369 e. The number of carbonyl (C=O) groups excluding carboxylic acids is 1. The SMILES string of the molecule is O=C(NCCCCN1CCN(c2cccc(C(F)(F)F)c2)CC1)c1ccc(-c2ccsc2)cc1. The zero-order valence-electron chi connectivity index (χ0n) is 18.9. The first kappa shape index (κ1) is 24.3. The number of carbonyl (C=O) groups is 1. The molecule has 1 N–H and O–H groups in total. The van der Waals surface area contributed by atoms with Gasteiger partial charge in [-0.05, 0) is 77.7 Å². The number of benzene rings is 2. The van der Waals surface area contributed by atoms with Gasteiger partial charge in [0.1, 0.15) is 0 Å². The van der Waals surface area contributed by atoms with E-state index in [1.165, 1.54) is 12.1 Å². The van der Waals surface area contributed by atoms with Crippen molar-refractivity contribution in [2.45, 2.75) is 19.0 Å². The van der Waals surface area contributed by atoms with Gasteiger partial charge in [0.2, 0.25) is 0 Å².